The zero-order valence-corrected chi connectivity index (χ0v) is 18.8. The van der Waals surface area contributed by atoms with Crippen molar-refractivity contribution in [1.29, 1.82) is 0 Å². The van der Waals surface area contributed by atoms with Crippen molar-refractivity contribution in [2.45, 2.75) is 37.3 Å². The zero-order chi connectivity index (χ0) is 23.9. The van der Waals surface area contributed by atoms with Gasteiger partial charge in [-0.15, -0.1) is 0 Å². The fourth-order valence-corrected chi connectivity index (χ4v) is 4.51. The molecule has 0 aromatic heterocycles. The van der Waals surface area contributed by atoms with Gasteiger partial charge >= 0.3 is 5.97 Å². The van der Waals surface area contributed by atoms with E-state index in [-0.39, 0.29) is 30.8 Å². The van der Waals surface area contributed by atoms with E-state index in [1.807, 2.05) is 60.7 Å². The van der Waals surface area contributed by atoms with Crippen molar-refractivity contribution < 1.29 is 23.8 Å². The number of hydrogen-bond acceptors (Lipinski definition) is 3. The van der Waals surface area contributed by atoms with Crippen molar-refractivity contribution in [3.05, 3.63) is 107 Å². The molecule has 1 fully saturated rings. The molecule has 1 saturated heterocycles. The van der Waals surface area contributed by atoms with Crippen LogP contribution in [0.2, 0.25) is 0 Å². The number of hydrogen-bond donors (Lipinski definition) is 1. The van der Waals surface area contributed by atoms with Crippen molar-refractivity contribution in [3.8, 4) is 0 Å². The first-order valence-corrected chi connectivity index (χ1v) is 11.5. The molecule has 3 aromatic carbocycles. The number of nitrogens with zero attached hydrogens (tertiary/aromatic N) is 1. The normalized spacial score (nSPS) is 17.8. The third kappa shape index (κ3) is 5.69. The number of aliphatic carboxylic acids is 1. The van der Waals surface area contributed by atoms with Crippen LogP contribution in [-0.4, -0.2) is 47.2 Å². The Morgan fingerprint density at radius 2 is 1.53 bits per heavy atom. The minimum Gasteiger partial charge on any atom is -0.480 e. The summed E-state index contributed by atoms with van der Waals surface area (Å²) in [6, 6.07) is 24.3. The van der Waals surface area contributed by atoms with Crippen molar-refractivity contribution in [1.82, 2.24) is 4.90 Å². The second kappa shape index (κ2) is 11.1. The summed E-state index contributed by atoms with van der Waals surface area (Å²) in [6.45, 7) is 0.680. The van der Waals surface area contributed by atoms with Crippen LogP contribution < -0.4 is 0 Å². The largest absolute Gasteiger partial charge is 0.480 e. The number of amides is 1. The van der Waals surface area contributed by atoms with Gasteiger partial charge in [0.1, 0.15) is 11.9 Å². The Hall–Kier alpha value is -3.51. The Bertz CT molecular complexity index is 1050. The molecule has 1 N–H and O–H groups in total. The summed E-state index contributed by atoms with van der Waals surface area (Å²) in [5.41, 5.74) is 2.67. The third-order valence-electron chi connectivity index (χ3n) is 6.22. The number of carbonyl (C=O) groups excluding carboxylic acids is 1. The average molecular weight is 462 g/mol. The third-order valence-corrected chi connectivity index (χ3v) is 6.22. The van der Waals surface area contributed by atoms with E-state index >= 15 is 0 Å². The summed E-state index contributed by atoms with van der Waals surface area (Å²) in [5, 5.41) is 9.84. The van der Waals surface area contributed by atoms with Gasteiger partial charge in [0.05, 0.1) is 12.0 Å². The van der Waals surface area contributed by atoms with E-state index in [1.54, 1.807) is 12.1 Å². The van der Waals surface area contributed by atoms with Gasteiger partial charge in [-0.2, -0.15) is 0 Å². The fourth-order valence-electron chi connectivity index (χ4n) is 4.51. The number of benzene rings is 3. The van der Waals surface area contributed by atoms with Crippen LogP contribution in [0.3, 0.4) is 0 Å². The number of rotatable bonds is 9. The quantitative estimate of drug-likeness (QED) is 0.471. The highest BCUT2D eigenvalue weighted by Gasteiger charge is 2.42. The van der Waals surface area contributed by atoms with E-state index in [4.69, 9.17) is 4.74 Å². The fraction of sp³-hybridized carbons (Fsp3) is 0.286. The lowest BCUT2D eigenvalue weighted by Crippen LogP contribution is -2.43. The first kappa shape index (κ1) is 23.6. The van der Waals surface area contributed by atoms with Crippen molar-refractivity contribution in [3.63, 3.8) is 0 Å². The van der Waals surface area contributed by atoms with E-state index < -0.39 is 17.9 Å². The summed E-state index contributed by atoms with van der Waals surface area (Å²) in [6.07, 6.45) is 1.38. The van der Waals surface area contributed by atoms with Crippen LogP contribution in [0.15, 0.2) is 84.9 Å². The first-order chi connectivity index (χ1) is 16.5. The van der Waals surface area contributed by atoms with E-state index in [0.717, 1.165) is 29.5 Å². The smallest absolute Gasteiger partial charge is 0.326 e. The van der Waals surface area contributed by atoms with Crippen LogP contribution in [0, 0.1) is 5.82 Å². The average Bonchev–Trinajstić information content (AvgIpc) is 3.29. The van der Waals surface area contributed by atoms with Crippen molar-refractivity contribution in [2.24, 2.45) is 0 Å². The zero-order valence-electron chi connectivity index (χ0n) is 18.8. The summed E-state index contributed by atoms with van der Waals surface area (Å²) in [5.74, 6) is -2.10. The molecule has 34 heavy (non-hydrogen) atoms. The van der Waals surface area contributed by atoms with Gasteiger partial charge in [0.25, 0.3) is 0 Å². The summed E-state index contributed by atoms with van der Waals surface area (Å²) >= 11 is 0. The SMILES string of the molecule is O=C(O)C1CC(OCCCc2ccc(F)cc2)CN1C(=O)C(c1ccccc1)c1ccccc1. The molecule has 4 rings (SSSR count). The summed E-state index contributed by atoms with van der Waals surface area (Å²) in [4.78, 5) is 27.2. The molecular formula is C28H28FNO4. The monoisotopic (exact) mass is 461 g/mol. The molecule has 3 aromatic rings. The molecule has 0 spiro atoms. The van der Waals surface area contributed by atoms with Crippen molar-refractivity contribution >= 4 is 11.9 Å². The Balaban J connectivity index is 1.44. The molecule has 0 radical (unpaired) electrons. The molecule has 2 atom stereocenters. The van der Waals surface area contributed by atoms with Gasteiger partial charge in [0.15, 0.2) is 0 Å². The van der Waals surface area contributed by atoms with Gasteiger partial charge in [-0.05, 0) is 41.7 Å². The Kier molecular flexibility index (Phi) is 7.70. The molecule has 1 amide bonds. The molecule has 5 nitrogen and oxygen atoms in total. The Labute approximate surface area is 198 Å². The number of carbonyl (C=O) groups is 2. The van der Waals surface area contributed by atoms with Gasteiger partial charge in [-0.25, -0.2) is 9.18 Å². The predicted octanol–water partition coefficient (Wildman–Crippen LogP) is 4.66. The van der Waals surface area contributed by atoms with Crippen LogP contribution in [0.1, 0.15) is 35.4 Å². The van der Waals surface area contributed by atoms with Crippen LogP contribution in [0.4, 0.5) is 4.39 Å². The van der Waals surface area contributed by atoms with E-state index in [2.05, 4.69) is 0 Å². The van der Waals surface area contributed by atoms with E-state index in [9.17, 15) is 19.1 Å². The maximum Gasteiger partial charge on any atom is 0.326 e. The van der Waals surface area contributed by atoms with Gasteiger partial charge in [0.2, 0.25) is 5.91 Å². The molecule has 1 aliphatic rings. The Morgan fingerprint density at radius 1 is 0.941 bits per heavy atom. The maximum atomic E-state index is 13.7. The highest BCUT2D eigenvalue weighted by Crippen LogP contribution is 2.31. The minimum atomic E-state index is -1.02. The van der Waals surface area contributed by atoms with Crippen LogP contribution in [-0.2, 0) is 20.7 Å². The molecule has 1 heterocycles. The van der Waals surface area contributed by atoms with Gasteiger partial charge in [-0.1, -0.05) is 72.8 Å². The molecule has 2 unspecified atom stereocenters. The minimum absolute atomic E-state index is 0.234. The van der Waals surface area contributed by atoms with Gasteiger partial charge in [-0.3, -0.25) is 4.79 Å². The van der Waals surface area contributed by atoms with Crippen LogP contribution in [0.5, 0.6) is 0 Å². The van der Waals surface area contributed by atoms with E-state index in [0.29, 0.717) is 6.61 Å². The predicted molar refractivity (Wildman–Crippen MR) is 127 cm³/mol. The van der Waals surface area contributed by atoms with Crippen LogP contribution >= 0.6 is 0 Å². The lowest BCUT2D eigenvalue weighted by atomic mass is 9.90. The standard InChI is InChI=1S/C28H28FNO4/c29-23-15-13-20(14-16-23)8-7-17-34-24-18-25(28(32)33)30(19-24)27(31)26(21-9-3-1-4-10-21)22-11-5-2-6-12-22/h1-6,9-16,24-26H,7-8,17-19H2,(H,32,33). The topological polar surface area (TPSA) is 66.8 Å². The number of carboxylic acids is 1. The number of likely N-dealkylation sites (tertiary alicyclic amines) is 1. The second-order valence-electron chi connectivity index (χ2n) is 8.56. The number of carboxylic acid groups (broad SMARTS) is 1. The van der Waals surface area contributed by atoms with Gasteiger partial charge < -0.3 is 14.7 Å². The van der Waals surface area contributed by atoms with Crippen molar-refractivity contribution in [2.75, 3.05) is 13.2 Å². The molecule has 0 bridgehead atoms. The lowest BCUT2D eigenvalue weighted by molar-refractivity contribution is -0.148. The highest BCUT2D eigenvalue weighted by molar-refractivity contribution is 5.91. The summed E-state index contributed by atoms with van der Waals surface area (Å²) < 4.78 is 19.0. The van der Waals surface area contributed by atoms with E-state index in [1.165, 1.54) is 17.0 Å². The molecule has 1 aliphatic heterocycles. The van der Waals surface area contributed by atoms with Crippen LogP contribution in [0.25, 0.3) is 0 Å². The first-order valence-electron chi connectivity index (χ1n) is 11.5. The molecule has 6 heteroatoms. The summed E-state index contributed by atoms with van der Waals surface area (Å²) in [7, 11) is 0. The molecule has 176 valence electrons. The molecular weight excluding hydrogens is 433 g/mol. The number of halogens is 1. The lowest BCUT2D eigenvalue weighted by Gasteiger charge is -2.27. The molecule has 0 aliphatic carbocycles. The number of ether oxygens (including phenoxy) is 1. The number of aryl methyl sites for hydroxylation is 1. The van der Waals surface area contributed by atoms with Gasteiger partial charge in [0, 0.05) is 19.6 Å². The Morgan fingerprint density at radius 3 is 2.09 bits per heavy atom. The second-order valence-corrected chi connectivity index (χ2v) is 8.56. The highest BCUT2D eigenvalue weighted by atomic mass is 19.1. The maximum absolute atomic E-state index is 13.7. The molecule has 0 saturated carbocycles.